The van der Waals surface area contributed by atoms with Gasteiger partial charge in [-0.25, -0.2) is 0 Å². The van der Waals surface area contributed by atoms with E-state index in [1.54, 1.807) is 0 Å². The maximum Gasteiger partial charge on any atom is 0.0492 e. The van der Waals surface area contributed by atoms with Crippen LogP contribution in [0.4, 0.5) is 11.4 Å². The summed E-state index contributed by atoms with van der Waals surface area (Å²) < 4.78 is 0. The quantitative estimate of drug-likeness (QED) is 0.173. The molecule has 1 aliphatic carbocycles. The van der Waals surface area contributed by atoms with Crippen LogP contribution in [0.1, 0.15) is 44.6 Å². The van der Waals surface area contributed by atoms with Crippen LogP contribution in [0, 0.1) is 5.92 Å². The predicted molar refractivity (Wildman–Crippen MR) is 253 cm³/mol. The smallest absolute Gasteiger partial charge is 0.0492 e. The zero-order chi connectivity index (χ0) is 39.0. The molecule has 0 spiro atoms. The number of hydrogen-bond acceptors (Lipinski definition) is 1. The summed E-state index contributed by atoms with van der Waals surface area (Å²) in [5, 5.41) is 16.1. The first-order chi connectivity index (χ1) is 29.1. The first kappa shape index (κ1) is 33.3. The van der Waals surface area contributed by atoms with Crippen molar-refractivity contribution in [2.75, 3.05) is 4.90 Å². The second-order valence-electron chi connectivity index (χ2n) is 17.8. The molecule has 1 fully saturated rings. The molecule has 11 aromatic rings. The van der Waals surface area contributed by atoms with E-state index in [2.05, 4.69) is 195 Å². The number of anilines is 2. The van der Waals surface area contributed by atoms with E-state index in [1.807, 2.05) is 0 Å². The molecule has 0 N–H and O–H groups in total. The Morgan fingerprint density at radius 3 is 1.64 bits per heavy atom. The van der Waals surface area contributed by atoms with Crippen molar-refractivity contribution in [1.29, 1.82) is 0 Å². The molecule has 3 atom stereocenters. The second kappa shape index (κ2) is 12.2. The maximum atomic E-state index is 2.68. The zero-order valence-corrected chi connectivity index (χ0v) is 33.5. The van der Waals surface area contributed by atoms with E-state index in [0.29, 0.717) is 11.8 Å². The van der Waals surface area contributed by atoms with E-state index in [4.69, 9.17) is 0 Å². The Balaban J connectivity index is 1.14. The van der Waals surface area contributed by atoms with Crippen LogP contribution >= 0.6 is 0 Å². The Bertz CT molecular complexity index is 3310. The summed E-state index contributed by atoms with van der Waals surface area (Å²) in [5.41, 5.74) is 12.1. The molecule has 59 heavy (non-hydrogen) atoms. The molecular formula is C58H43N. The van der Waals surface area contributed by atoms with Gasteiger partial charge in [0.15, 0.2) is 0 Å². The average molecular weight is 754 g/mol. The molecule has 0 aromatic heterocycles. The van der Waals surface area contributed by atoms with E-state index in [9.17, 15) is 0 Å². The summed E-state index contributed by atoms with van der Waals surface area (Å²) in [5.74, 6) is 1.20. The first-order valence-corrected chi connectivity index (χ1v) is 21.5. The van der Waals surface area contributed by atoms with Crippen molar-refractivity contribution in [3.63, 3.8) is 0 Å². The fourth-order valence-corrected chi connectivity index (χ4v) is 12.2. The lowest BCUT2D eigenvalue weighted by Crippen LogP contribution is -2.46. The van der Waals surface area contributed by atoms with Crippen LogP contribution in [0.25, 0.3) is 98.0 Å². The number of rotatable bonds is 4. The molecule has 0 saturated heterocycles. The van der Waals surface area contributed by atoms with Crippen LogP contribution in [0.3, 0.4) is 0 Å². The highest BCUT2D eigenvalue weighted by molar-refractivity contribution is 6.46. The normalized spacial score (nSPS) is 19.2. The van der Waals surface area contributed by atoms with Crippen LogP contribution in [0.15, 0.2) is 176 Å². The fraction of sp³-hybridized carbons (Fsp3) is 0.138. The van der Waals surface area contributed by atoms with Crippen molar-refractivity contribution < 1.29 is 0 Å². The van der Waals surface area contributed by atoms with Gasteiger partial charge in [-0.3, -0.25) is 0 Å². The third-order valence-electron chi connectivity index (χ3n) is 14.7. The van der Waals surface area contributed by atoms with E-state index >= 15 is 0 Å². The van der Waals surface area contributed by atoms with Gasteiger partial charge in [-0.15, -0.1) is 0 Å². The molecule has 280 valence electrons. The molecule has 2 aliphatic rings. The van der Waals surface area contributed by atoms with E-state index < -0.39 is 0 Å². The highest BCUT2D eigenvalue weighted by Crippen LogP contribution is 2.60. The van der Waals surface area contributed by atoms with Crippen LogP contribution in [0.5, 0.6) is 0 Å². The van der Waals surface area contributed by atoms with Crippen LogP contribution < -0.4 is 4.90 Å². The molecule has 1 nitrogen and oxygen atoms in total. The van der Waals surface area contributed by atoms with Gasteiger partial charge in [-0.05, 0) is 160 Å². The summed E-state index contributed by atoms with van der Waals surface area (Å²) in [7, 11) is 0. The van der Waals surface area contributed by atoms with Crippen LogP contribution in [-0.4, -0.2) is 5.54 Å². The van der Waals surface area contributed by atoms with Gasteiger partial charge in [0.2, 0.25) is 0 Å². The topological polar surface area (TPSA) is 3.24 Å². The number of para-hydroxylation sites is 1. The van der Waals surface area contributed by atoms with Gasteiger partial charge >= 0.3 is 0 Å². The third-order valence-corrected chi connectivity index (χ3v) is 14.7. The minimum atomic E-state index is 0.0590. The van der Waals surface area contributed by atoms with Gasteiger partial charge < -0.3 is 4.90 Å². The minimum Gasteiger partial charge on any atom is -0.335 e. The molecule has 0 radical (unpaired) electrons. The van der Waals surface area contributed by atoms with Crippen molar-refractivity contribution >= 4 is 76.0 Å². The standard InChI is InChI=1S/C58H43N/c1-35-31-32-58(2)48(33-35)47-34-39(27-30-49(47)59(58)40-21-10-5-11-22-40)41-28-29-46-53-42(41)23-14-26-45(53)56-51(37-15-6-3-7-16-37)54-43-24-12-19-36-20-13-25-44(50(36)43)55(54)52(57(46)56)38-17-8-4-9-18-38/h3-30,34-35,48H,31-33H2,1-2H3. The van der Waals surface area contributed by atoms with Gasteiger partial charge in [0.25, 0.3) is 0 Å². The van der Waals surface area contributed by atoms with Gasteiger partial charge in [-0.2, -0.15) is 0 Å². The Kier molecular flexibility index (Phi) is 6.86. The van der Waals surface area contributed by atoms with Crippen molar-refractivity contribution in [3.8, 4) is 33.4 Å². The van der Waals surface area contributed by atoms with Crippen molar-refractivity contribution in [2.45, 2.75) is 44.6 Å². The Morgan fingerprint density at radius 2 is 1.02 bits per heavy atom. The van der Waals surface area contributed by atoms with Crippen molar-refractivity contribution in [3.05, 3.63) is 181 Å². The summed E-state index contributed by atoms with van der Waals surface area (Å²) in [4.78, 5) is 2.68. The lowest BCUT2D eigenvalue weighted by molar-refractivity contribution is 0.237. The average Bonchev–Trinajstić information content (AvgIpc) is 3.89. The Hall–Kier alpha value is -6.70. The van der Waals surface area contributed by atoms with Gasteiger partial charge in [-0.1, -0.05) is 159 Å². The highest BCUT2D eigenvalue weighted by Gasteiger charge is 2.51. The highest BCUT2D eigenvalue weighted by atomic mass is 15.2. The van der Waals surface area contributed by atoms with Crippen LogP contribution in [0.2, 0.25) is 0 Å². The SMILES string of the molecule is CC1CCC2(C)C(C1)c1cc(-c3ccc4c5c(-c6ccccc6)c6c7cccc8cccc(c6c(-c6ccccc6)c5c5cccc3c54)c87)ccc1N2c1ccccc1. The Labute approximate surface area is 344 Å². The number of hydrogen-bond donors (Lipinski definition) is 0. The molecule has 1 heterocycles. The van der Waals surface area contributed by atoms with E-state index in [0.717, 1.165) is 0 Å². The van der Waals surface area contributed by atoms with Gasteiger partial charge in [0.05, 0.1) is 0 Å². The summed E-state index contributed by atoms with van der Waals surface area (Å²) in [6, 6.07) is 66.6. The number of benzene rings is 9. The lowest BCUT2D eigenvalue weighted by atomic mass is 9.69. The maximum absolute atomic E-state index is 2.68. The van der Waals surface area contributed by atoms with Crippen molar-refractivity contribution in [1.82, 2.24) is 0 Å². The van der Waals surface area contributed by atoms with Gasteiger partial charge in [0, 0.05) is 22.8 Å². The van der Waals surface area contributed by atoms with Gasteiger partial charge in [0.1, 0.15) is 0 Å². The first-order valence-electron chi connectivity index (χ1n) is 21.5. The molecule has 1 heteroatoms. The fourth-order valence-electron chi connectivity index (χ4n) is 12.2. The molecular weight excluding hydrogens is 711 g/mol. The molecule has 0 bridgehead atoms. The predicted octanol–water partition coefficient (Wildman–Crippen LogP) is 16.3. The molecule has 0 amide bonds. The molecule has 3 unspecified atom stereocenters. The third kappa shape index (κ3) is 4.45. The Morgan fingerprint density at radius 1 is 0.475 bits per heavy atom. The summed E-state index contributed by atoms with van der Waals surface area (Å²) in [6.45, 7) is 4.98. The van der Waals surface area contributed by atoms with Crippen molar-refractivity contribution in [2.24, 2.45) is 5.92 Å². The lowest BCUT2D eigenvalue weighted by Gasteiger charge is -2.45. The largest absolute Gasteiger partial charge is 0.335 e. The summed E-state index contributed by atoms with van der Waals surface area (Å²) >= 11 is 0. The molecule has 13 rings (SSSR count). The summed E-state index contributed by atoms with van der Waals surface area (Å²) in [6.07, 6.45) is 3.70. The molecule has 1 saturated carbocycles. The molecule has 11 aromatic carbocycles. The monoisotopic (exact) mass is 753 g/mol. The van der Waals surface area contributed by atoms with E-state index in [1.165, 1.54) is 134 Å². The zero-order valence-electron chi connectivity index (χ0n) is 33.5. The number of nitrogens with zero attached hydrogens (tertiary/aromatic N) is 1. The second-order valence-corrected chi connectivity index (χ2v) is 17.8. The minimum absolute atomic E-state index is 0.0590. The molecule has 1 aliphatic heterocycles. The van der Waals surface area contributed by atoms with Crippen LogP contribution in [-0.2, 0) is 0 Å². The van der Waals surface area contributed by atoms with E-state index in [-0.39, 0.29) is 5.54 Å². The number of fused-ring (bicyclic) bond motifs is 9.